The monoisotopic (exact) mass is 147 g/mol. The summed E-state index contributed by atoms with van der Waals surface area (Å²) in [6.45, 7) is 1.19. The normalized spacial score (nSPS) is 10.7. The molecule has 6 heteroatoms. The minimum absolute atomic E-state index is 1.06. The van der Waals surface area contributed by atoms with E-state index in [2.05, 4.69) is 10.5 Å². The summed E-state index contributed by atoms with van der Waals surface area (Å²) in [5.74, 6) is -1.06. The van der Waals surface area contributed by atoms with Crippen molar-refractivity contribution in [3.63, 3.8) is 0 Å². The molecule has 0 heterocycles. The molecule has 0 atom stereocenters. The van der Waals surface area contributed by atoms with Crippen LogP contribution in [-0.4, -0.2) is 17.7 Å². The maximum Gasteiger partial charge on any atom is 0.412 e. The van der Waals surface area contributed by atoms with Crippen LogP contribution >= 0.6 is 0 Å². The second kappa shape index (κ2) is 2.63. The molecule has 58 valence electrons. The molecule has 0 radical (unpaired) electrons. The lowest BCUT2D eigenvalue weighted by atomic mass is 10.2. The molecule has 0 fully saturated rings. The Labute approximate surface area is 57.3 Å². The van der Waals surface area contributed by atoms with Crippen LogP contribution < -0.4 is 17.2 Å². The van der Waals surface area contributed by atoms with Crippen LogP contribution in [0.15, 0.2) is 0 Å². The Hall–Kier alpha value is -1.14. The van der Waals surface area contributed by atoms with E-state index in [-0.39, 0.29) is 0 Å². The maximum absolute atomic E-state index is 10.5. The lowest BCUT2D eigenvalue weighted by molar-refractivity contribution is -0.142. The largest absolute Gasteiger partial charge is 0.412 e. The van der Waals surface area contributed by atoms with Crippen LogP contribution in [0.3, 0.4) is 0 Å². The number of amides is 1. The molecule has 1 amide bonds. The Morgan fingerprint density at radius 3 is 1.90 bits per heavy atom. The van der Waals surface area contributed by atoms with Crippen molar-refractivity contribution in [1.29, 1.82) is 0 Å². The van der Waals surface area contributed by atoms with Gasteiger partial charge in [-0.05, 0) is 6.92 Å². The summed E-state index contributed by atoms with van der Waals surface area (Å²) in [4.78, 5) is 20.4. The third-order valence-corrected chi connectivity index (χ3v) is 0.633. The van der Waals surface area contributed by atoms with Crippen molar-refractivity contribution in [1.82, 2.24) is 0 Å². The number of carbonyl (C=O) groups is 2. The van der Waals surface area contributed by atoms with Crippen LogP contribution in [0, 0.1) is 0 Å². The van der Waals surface area contributed by atoms with Gasteiger partial charge in [0, 0.05) is 0 Å². The van der Waals surface area contributed by atoms with E-state index in [4.69, 9.17) is 11.5 Å². The summed E-state index contributed by atoms with van der Waals surface area (Å²) in [6, 6.07) is 0. The van der Waals surface area contributed by atoms with E-state index in [0.717, 1.165) is 0 Å². The fourth-order valence-electron chi connectivity index (χ4n) is 0.201. The first-order chi connectivity index (χ1) is 4.34. The highest BCUT2D eigenvalue weighted by atomic mass is 16.6. The van der Waals surface area contributed by atoms with Crippen molar-refractivity contribution in [2.24, 2.45) is 17.2 Å². The molecule has 0 unspecified atom stereocenters. The van der Waals surface area contributed by atoms with Crippen LogP contribution in [0.2, 0.25) is 0 Å². The molecule has 10 heavy (non-hydrogen) atoms. The van der Waals surface area contributed by atoms with E-state index in [9.17, 15) is 9.59 Å². The highest BCUT2D eigenvalue weighted by Gasteiger charge is 2.25. The molecule has 6 nitrogen and oxygen atoms in total. The number of hydrogen-bond acceptors (Lipinski definition) is 5. The lowest BCUT2D eigenvalue weighted by Gasteiger charge is -2.13. The van der Waals surface area contributed by atoms with Crippen LogP contribution in [0.25, 0.3) is 0 Å². The van der Waals surface area contributed by atoms with Crippen molar-refractivity contribution in [2.75, 3.05) is 0 Å². The number of nitrogens with two attached hydrogens (primary N) is 3. The minimum atomic E-state index is -1.67. The van der Waals surface area contributed by atoms with E-state index < -0.39 is 17.7 Å². The van der Waals surface area contributed by atoms with Crippen molar-refractivity contribution in [3.05, 3.63) is 0 Å². The predicted octanol–water partition coefficient (Wildman–Crippen LogP) is -1.76. The molecule has 0 rings (SSSR count). The third kappa shape index (κ3) is 3.00. The smallest absolute Gasteiger partial charge is 0.374 e. The highest BCUT2D eigenvalue weighted by molar-refractivity contribution is 5.88. The minimum Gasteiger partial charge on any atom is -0.374 e. The Bertz CT molecular complexity index is 160. The molecule has 0 aromatic heterocycles. The molecule has 0 aromatic carbocycles. The van der Waals surface area contributed by atoms with E-state index in [0.29, 0.717) is 0 Å². The van der Waals surface area contributed by atoms with Crippen molar-refractivity contribution < 1.29 is 14.3 Å². The molecule has 0 saturated carbocycles. The number of carbonyl (C=O) groups excluding carboxylic acids is 2. The fraction of sp³-hybridized carbons (Fsp3) is 0.500. The van der Waals surface area contributed by atoms with E-state index in [1.165, 1.54) is 6.92 Å². The van der Waals surface area contributed by atoms with Gasteiger partial charge < -0.3 is 21.9 Å². The van der Waals surface area contributed by atoms with Gasteiger partial charge in [-0.3, -0.25) is 0 Å². The van der Waals surface area contributed by atoms with Crippen molar-refractivity contribution >= 4 is 12.1 Å². The van der Waals surface area contributed by atoms with Crippen molar-refractivity contribution in [3.8, 4) is 0 Å². The van der Waals surface area contributed by atoms with E-state index in [1.54, 1.807) is 0 Å². The standard InChI is InChI=1S/C4H9N3O3/c1-4(6,7)2(8)10-3(5)9/h6-7H2,1H3,(H2,5,9). The van der Waals surface area contributed by atoms with Crippen LogP contribution in [0.5, 0.6) is 0 Å². The third-order valence-electron chi connectivity index (χ3n) is 0.633. The average Bonchev–Trinajstić information content (AvgIpc) is 1.60. The van der Waals surface area contributed by atoms with Gasteiger partial charge in [-0.25, -0.2) is 9.59 Å². The first-order valence-corrected chi connectivity index (χ1v) is 2.43. The molecule has 6 N–H and O–H groups in total. The first kappa shape index (κ1) is 8.86. The number of hydrogen-bond donors (Lipinski definition) is 3. The second-order valence-electron chi connectivity index (χ2n) is 1.99. The SMILES string of the molecule is CC(N)(N)C(=O)OC(N)=O. The van der Waals surface area contributed by atoms with Crippen LogP contribution in [0.4, 0.5) is 4.79 Å². The van der Waals surface area contributed by atoms with Gasteiger partial charge in [-0.1, -0.05) is 0 Å². The van der Waals surface area contributed by atoms with E-state index >= 15 is 0 Å². The van der Waals surface area contributed by atoms with Gasteiger partial charge in [-0.15, -0.1) is 0 Å². The number of primary amides is 1. The lowest BCUT2D eigenvalue weighted by Crippen LogP contribution is -2.55. The van der Waals surface area contributed by atoms with Gasteiger partial charge in [0.15, 0.2) is 5.66 Å². The first-order valence-electron chi connectivity index (χ1n) is 2.43. The summed E-state index contributed by atoms with van der Waals surface area (Å²) in [5, 5.41) is 0. The second-order valence-corrected chi connectivity index (χ2v) is 1.99. The Morgan fingerprint density at radius 1 is 1.40 bits per heavy atom. The molecule has 0 aliphatic carbocycles. The van der Waals surface area contributed by atoms with Gasteiger partial charge in [0.2, 0.25) is 0 Å². The Balaban J connectivity index is 3.99. The summed E-state index contributed by atoms with van der Waals surface area (Å²) < 4.78 is 3.86. The average molecular weight is 147 g/mol. The highest BCUT2D eigenvalue weighted by Crippen LogP contribution is 1.91. The quantitative estimate of drug-likeness (QED) is 0.230. The molecule has 0 aliphatic heterocycles. The van der Waals surface area contributed by atoms with E-state index in [1.807, 2.05) is 0 Å². The Morgan fingerprint density at radius 2 is 1.80 bits per heavy atom. The van der Waals surface area contributed by atoms with Gasteiger partial charge in [0.1, 0.15) is 0 Å². The number of ether oxygens (including phenoxy) is 1. The van der Waals surface area contributed by atoms with Gasteiger partial charge in [-0.2, -0.15) is 0 Å². The van der Waals surface area contributed by atoms with Crippen LogP contribution in [-0.2, 0) is 9.53 Å². The Kier molecular flexibility index (Phi) is 2.33. The van der Waals surface area contributed by atoms with Crippen molar-refractivity contribution in [2.45, 2.75) is 12.6 Å². The number of rotatable bonds is 1. The topological polar surface area (TPSA) is 121 Å². The molecule has 0 saturated heterocycles. The number of esters is 1. The summed E-state index contributed by atoms with van der Waals surface area (Å²) in [6.07, 6.45) is -1.22. The van der Waals surface area contributed by atoms with Gasteiger partial charge in [0.25, 0.3) is 0 Å². The summed E-state index contributed by atoms with van der Waals surface area (Å²) >= 11 is 0. The zero-order valence-corrected chi connectivity index (χ0v) is 5.46. The molecular formula is C4H9N3O3. The molecule has 0 aliphatic rings. The molecular weight excluding hydrogens is 138 g/mol. The zero-order valence-electron chi connectivity index (χ0n) is 5.46. The van der Waals surface area contributed by atoms with Crippen LogP contribution in [0.1, 0.15) is 6.92 Å². The fourth-order valence-corrected chi connectivity index (χ4v) is 0.201. The maximum atomic E-state index is 10.5. The summed E-state index contributed by atoms with van der Waals surface area (Å²) in [7, 11) is 0. The zero-order chi connectivity index (χ0) is 8.36. The summed E-state index contributed by atoms with van der Waals surface area (Å²) in [5.41, 5.74) is 12.9. The molecule has 0 bridgehead atoms. The van der Waals surface area contributed by atoms with Gasteiger partial charge in [0.05, 0.1) is 0 Å². The molecule has 0 aromatic rings. The molecule has 0 spiro atoms. The van der Waals surface area contributed by atoms with Gasteiger partial charge >= 0.3 is 12.1 Å². The predicted molar refractivity (Wildman–Crippen MR) is 32.5 cm³/mol.